The van der Waals surface area contributed by atoms with E-state index in [1.54, 1.807) is 5.01 Å². The molecule has 1 aliphatic rings. The van der Waals surface area contributed by atoms with E-state index in [0.717, 1.165) is 22.6 Å². The molecule has 0 aromatic heterocycles. The number of benzene rings is 1. The molecular weight excluding hydrogens is 178 g/mol. The number of nitrogen functional groups attached to an aromatic ring is 1. The van der Waals surface area contributed by atoms with Crippen molar-refractivity contribution in [1.29, 1.82) is 0 Å². The smallest absolute Gasteiger partial charge is 0.172 e. The van der Waals surface area contributed by atoms with Crippen molar-refractivity contribution >= 4 is 11.5 Å². The van der Waals surface area contributed by atoms with Gasteiger partial charge in [-0.25, -0.2) is 5.53 Å². The lowest BCUT2D eigenvalue weighted by Gasteiger charge is -2.12. The molecule has 74 valence electrons. The van der Waals surface area contributed by atoms with Gasteiger partial charge in [0.25, 0.3) is 0 Å². The van der Waals surface area contributed by atoms with E-state index >= 15 is 0 Å². The molecule has 0 amide bonds. The second-order valence-corrected chi connectivity index (χ2v) is 3.35. The van der Waals surface area contributed by atoms with Crippen LogP contribution in [0.4, 0.5) is 5.69 Å². The van der Waals surface area contributed by atoms with Crippen LogP contribution in [-0.4, -0.2) is 17.9 Å². The Hall–Kier alpha value is -1.75. The van der Waals surface area contributed by atoms with Gasteiger partial charge in [0.2, 0.25) is 0 Å². The number of hydrazine groups is 2. The summed E-state index contributed by atoms with van der Waals surface area (Å²) in [6.45, 7) is 2.01. The average Bonchev–Trinajstić information content (AvgIpc) is 2.49. The van der Waals surface area contributed by atoms with Crippen LogP contribution in [0.25, 0.3) is 0 Å². The van der Waals surface area contributed by atoms with Gasteiger partial charge in [0.05, 0.1) is 0 Å². The van der Waals surface area contributed by atoms with Crippen molar-refractivity contribution in [2.75, 3.05) is 12.8 Å². The monoisotopic (exact) mass is 191 g/mol. The molecule has 0 unspecified atom stereocenters. The first-order chi connectivity index (χ1) is 6.66. The minimum atomic E-state index is 0.753. The van der Waals surface area contributed by atoms with Crippen LogP contribution in [-0.2, 0) is 0 Å². The number of hydrogen-bond donors (Lipinski definition) is 3. The number of nitrogens with two attached hydrogens (primary N) is 1. The molecule has 0 aliphatic carbocycles. The van der Waals surface area contributed by atoms with Crippen molar-refractivity contribution in [3.63, 3.8) is 0 Å². The lowest BCUT2D eigenvalue weighted by atomic mass is 10.1. The predicted octanol–water partition coefficient (Wildman–Crippen LogP) is 0.193. The van der Waals surface area contributed by atoms with E-state index in [1.807, 2.05) is 32.2 Å². The Morgan fingerprint density at radius 3 is 2.71 bits per heavy atom. The summed E-state index contributed by atoms with van der Waals surface area (Å²) in [7, 11) is 1.89. The SMILES string of the molecule is Cc1cc(N)cc(C2=NNNN2C)c1. The minimum Gasteiger partial charge on any atom is -0.399 e. The van der Waals surface area contributed by atoms with Crippen molar-refractivity contribution < 1.29 is 0 Å². The van der Waals surface area contributed by atoms with E-state index in [1.165, 1.54) is 0 Å². The highest BCUT2D eigenvalue weighted by molar-refractivity contribution is 5.99. The molecule has 0 saturated carbocycles. The standard InChI is InChI=1S/C9H13N5/c1-6-3-7(5-8(10)4-6)9-11-12-13-14(9)2/h3-5,12-13H,10H2,1-2H3. The van der Waals surface area contributed by atoms with Crippen LogP contribution in [0, 0.1) is 6.92 Å². The van der Waals surface area contributed by atoms with E-state index in [0.29, 0.717) is 0 Å². The molecule has 1 aromatic carbocycles. The number of nitrogens with one attached hydrogen (secondary N) is 2. The van der Waals surface area contributed by atoms with Crippen LogP contribution in [0.3, 0.4) is 0 Å². The van der Waals surface area contributed by atoms with E-state index < -0.39 is 0 Å². The third-order valence-electron chi connectivity index (χ3n) is 2.06. The van der Waals surface area contributed by atoms with Crippen LogP contribution in [0.5, 0.6) is 0 Å². The number of amidine groups is 1. The van der Waals surface area contributed by atoms with E-state index in [9.17, 15) is 0 Å². The third kappa shape index (κ3) is 1.49. The second kappa shape index (κ2) is 3.19. The lowest BCUT2D eigenvalue weighted by molar-refractivity contribution is 0.349. The number of hydrazone groups is 1. The number of aryl methyl sites for hydroxylation is 1. The first kappa shape index (κ1) is 8.83. The Balaban J connectivity index is 2.41. The molecule has 5 nitrogen and oxygen atoms in total. The Morgan fingerprint density at radius 1 is 1.36 bits per heavy atom. The zero-order chi connectivity index (χ0) is 10.1. The maximum atomic E-state index is 5.76. The quantitative estimate of drug-likeness (QED) is 0.554. The van der Waals surface area contributed by atoms with Crippen LogP contribution >= 0.6 is 0 Å². The third-order valence-corrected chi connectivity index (χ3v) is 2.06. The number of hydrogen-bond acceptors (Lipinski definition) is 5. The summed E-state index contributed by atoms with van der Waals surface area (Å²) in [5.41, 5.74) is 14.2. The number of rotatable bonds is 1. The molecule has 14 heavy (non-hydrogen) atoms. The number of anilines is 1. The van der Waals surface area contributed by atoms with Gasteiger partial charge in [0, 0.05) is 18.3 Å². The highest BCUT2D eigenvalue weighted by Gasteiger charge is 2.14. The predicted molar refractivity (Wildman–Crippen MR) is 56.2 cm³/mol. The van der Waals surface area contributed by atoms with Gasteiger partial charge >= 0.3 is 0 Å². The fourth-order valence-electron chi connectivity index (χ4n) is 1.48. The second-order valence-electron chi connectivity index (χ2n) is 3.35. The normalized spacial score (nSPS) is 15.3. The molecule has 1 aliphatic heterocycles. The Morgan fingerprint density at radius 2 is 2.14 bits per heavy atom. The summed E-state index contributed by atoms with van der Waals surface area (Å²) >= 11 is 0. The van der Waals surface area contributed by atoms with E-state index in [4.69, 9.17) is 5.73 Å². The van der Waals surface area contributed by atoms with Crippen LogP contribution in [0.1, 0.15) is 11.1 Å². The van der Waals surface area contributed by atoms with E-state index in [-0.39, 0.29) is 0 Å². The van der Waals surface area contributed by atoms with Crippen LogP contribution in [0.2, 0.25) is 0 Å². The summed E-state index contributed by atoms with van der Waals surface area (Å²) < 4.78 is 0. The van der Waals surface area contributed by atoms with Crippen LogP contribution < -0.4 is 16.8 Å². The lowest BCUT2D eigenvalue weighted by Crippen LogP contribution is -2.37. The summed E-state index contributed by atoms with van der Waals surface area (Å²) in [6, 6.07) is 5.87. The fraction of sp³-hybridized carbons (Fsp3) is 0.222. The van der Waals surface area contributed by atoms with Crippen molar-refractivity contribution in [2.24, 2.45) is 5.10 Å². The highest BCUT2D eigenvalue weighted by atomic mass is 15.8. The van der Waals surface area contributed by atoms with Gasteiger partial charge in [-0.05, 0) is 30.7 Å². The molecule has 5 heteroatoms. The van der Waals surface area contributed by atoms with Crippen molar-refractivity contribution in [3.05, 3.63) is 29.3 Å². The molecule has 2 rings (SSSR count). The minimum absolute atomic E-state index is 0.753. The first-order valence-corrected chi connectivity index (χ1v) is 4.36. The van der Waals surface area contributed by atoms with Gasteiger partial charge in [-0.15, -0.1) is 10.6 Å². The van der Waals surface area contributed by atoms with Gasteiger partial charge in [0.1, 0.15) is 0 Å². The largest absolute Gasteiger partial charge is 0.399 e. The van der Waals surface area contributed by atoms with Gasteiger partial charge in [-0.2, -0.15) is 0 Å². The zero-order valence-corrected chi connectivity index (χ0v) is 8.20. The molecule has 0 radical (unpaired) electrons. The van der Waals surface area contributed by atoms with Gasteiger partial charge in [0.15, 0.2) is 5.84 Å². The highest BCUT2D eigenvalue weighted by Crippen LogP contribution is 2.13. The molecule has 0 atom stereocenters. The van der Waals surface area contributed by atoms with Gasteiger partial charge in [-0.3, -0.25) is 5.01 Å². The first-order valence-electron chi connectivity index (χ1n) is 4.36. The summed E-state index contributed by atoms with van der Waals surface area (Å²) in [4.78, 5) is 0. The molecular formula is C9H13N5. The Bertz CT molecular complexity index is 365. The molecule has 0 bridgehead atoms. The van der Waals surface area contributed by atoms with Gasteiger partial charge in [-0.1, -0.05) is 0 Å². The molecule has 0 fully saturated rings. The summed E-state index contributed by atoms with van der Waals surface area (Å²) in [6.07, 6.45) is 0. The van der Waals surface area contributed by atoms with Crippen LogP contribution in [0.15, 0.2) is 23.3 Å². The average molecular weight is 191 g/mol. The summed E-state index contributed by atoms with van der Waals surface area (Å²) in [5.74, 6) is 0.834. The van der Waals surface area contributed by atoms with Crippen molar-refractivity contribution in [1.82, 2.24) is 16.1 Å². The molecule has 1 heterocycles. The van der Waals surface area contributed by atoms with E-state index in [2.05, 4.69) is 16.2 Å². The molecule has 0 saturated heterocycles. The van der Waals surface area contributed by atoms with Crippen molar-refractivity contribution in [2.45, 2.75) is 6.92 Å². The topological polar surface area (TPSA) is 65.7 Å². The maximum absolute atomic E-state index is 5.76. The van der Waals surface area contributed by atoms with Gasteiger partial charge < -0.3 is 5.73 Å². The fourth-order valence-corrected chi connectivity index (χ4v) is 1.48. The Labute approximate surface area is 82.5 Å². The summed E-state index contributed by atoms with van der Waals surface area (Å²) in [5, 5.41) is 5.89. The van der Waals surface area contributed by atoms with Crippen molar-refractivity contribution in [3.8, 4) is 0 Å². The Kier molecular flexibility index (Phi) is 2.01. The molecule has 4 N–H and O–H groups in total. The molecule has 1 aromatic rings. The molecule has 0 spiro atoms. The zero-order valence-electron chi connectivity index (χ0n) is 8.20. The number of nitrogens with zero attached hydrogens (tertiary/aromatic N) is 2. The maximum Gasteiger partial charge on any atom is 0.172 e.